The summed E-state index contributed by atoms with van der Waals surface area (Å²) in [6, 6.07) is 16.1. The average molecular weight is 615 g/mol. The number of nitrogens with zero attached hydrogens (tertiary/aromatic N) is 2. The first-order valence-corrected chi connectivity index (χ1v) is 15.9. The molecule has 0 aliphatic carbocycles. The van der Waals surface area contributed by atoms with E-state index in [1.807, 2.05) is 6.92 Å². The smallest absolute Gasteiger partial charge is 0.270 e. The number of phenols is 1. The van der Waals surface area contributed by atoms with Gasteiger partial charge < -0.3 is 10.2 Å². The van der Waals surface area contributed by atoms with Gasteiger partial charge in [0.2, 0.25) is 0 Å². The summed E-state index contributed by atoms with van der Waals surface area (Å²) >= 11 is 0. The van der Waals surface area contributed by atoms with Crippen molar-refractivity contribution in [3.63, 3.8) is 0 Å². The van der Waals surface area contributed by atoms with Crippen LogP contribution < -0.4 is 0 Å². The number of nitro groups is 1. The summed E-state index contributed by atoms with van der Waals surface area (Å²) in [5.41, 5.74) is 3.74. The number of rotatable bonds is 7. The molecule has 6 nitrogen and oxygen atoms in total. The van der Waals surface area contributed by atoms with Gasteiger partial charge in [-0.15, -0.1) is 0 Å². The molecule has 0 saturated carbocycles. The van der Waals surface area contributed by atoms with E-state index in [1.165, 1.54) is 24.4 Å². The highest BCUT2D eigenvalue weighted by Gasteiger charge is 2.42. The molecule has 45 heavy (non-hydrogen) atoms. The third kappa shape index (κ3) is 8.02. The van der Waals surface area contributed by atoms with Crippen LogP contribution in [0.3, 0.4) is 0 Å². The van der Waals surface area contributed by atoms with Crippen LogP contribution in [0.2, 0.25) is 0 Å². The predicted molar refractivity (Wildman–Crippen MR) is 187 cm³/mol. The fraction of sp³-hybridized carbons (Fsp3) is 0.513. The number of benzene rings is 3. The second-order valence-corrected chi connectivity index (χ2v) is 16.6. The second-order valence-electron chi connectivity index (χ2n) is 16.6. The maximum absolute atomic E-state index is 13.4. The van der Waals surface area contributed by atoms with Crippen LogP contribution in [-0.4, -0.2) is 27.4 Å². The van der Waals surface area contributed by atoms with Crippen molar-refractivity contribution >= 4 is 11.9 Å². The van der Waals surface area contributed by atoms with E-state index in [0.29, 0.717) is 6.42 Å². The van der Waals surface area contributed by atoms with Crippen molar-refractivity contribution in [2.24, 2.45) is 4.99 Å². The maximum Gasteiger partial charge on any atom is 0.270 e. The van der Waals surface area contributed by atoms with Gasteiger partial charge in [0.1, 0.15) is 11.4 Å². The lowest BCUT2D eigenvalue weighted by molar-refractivity contribution is -0.384. The lowest BCUT2D eigenvalue weighted by Crippen LogP contribution is -2.41. The lowest BCUT2D eigenvalue weighted by Gasteiger charge is -2.39. The molecule has 3 aromatic rings. The summed E-state index contributed by atoms with van der Waals surface area (Å²) in [7, 11) is 0. The Bertz CT molecular complexity index is 1430. The van der Waals surface area contributed by atoms with E-state index in [0.717, 1.165) is 33.4 Å². The van der Waals surface area contributed by atoms with Gasteiger partial charge in [0, 0.05) is 23.9 Å². The third-order valence-electron chi connectivity index (χ3n) is 8.69. The molecular formula is C39H54N2O4. The molecule has 0 radical (unpaired) electrons. The minimum atomic E-state index is -1.57. The van der Waals surface area contributed by atoms with Gasteiger partial charge >= 0.3 is 0 Å². The molecule has 244 valence electrons. The minimum absolute atomic E-state index is 0.114. The summed E-state index contributed by atoms with van der Waals surface area (Å²) in [6.07, 6.45) is 1.93. The van der Waals surface area contributed by atoms with E-state index in [1.54, 1.807) is 0 Å². The monoisotopic (exact) mass is 614 g/mol. The van der Waals surface area contributed by atoms with Gasteiger partial charge in [-0.1, -0.05) is 126 Å². The van der Waals surface area contributed by atoms with Gasteiger partial charge in [-0.3, -0.25) is 15.1 Å². The van der Waals surface area contributed by atoms with Crippen LogP contribution in [0.5, 0.6) is 5.75 Å². The van der Waals surface area contributed by atoms with E-state index >= 15 is 0 Å². The molecule has 3 rings (SSSR count). The first-order valence-electron chi connectivity index (χ1n) is 15.9. The Labute approximate surface area is 270 Å². The molecule has 0 amide bonds. The highest BCUT2D eigenvalue weighted by molar-refractivity contribution is 5.84. The topological polar surface area (TPSA) is 96.0 Å². The molecule has 0 fully saturated rings. The van der Waals surface area contributed by atoms with Crippen molar-refractivity contribution in [1.29, 1.82) is 0 Å². The minimum Gasteiger partial charge on any atom is -0.507 e. The molecule has 0 heterocycles. The highest BCUT2D eigenvalue weighted by atomic mass is 16.6. The van der Waals surface area contributed by atoms with Crippen molar-refractivity contribution in [3.05, 3.63) is 104 Å². The predicted octanol–water partition coefficient (Wildman–Crippen LogP) is 9.62. The van der Waals surface area contributed by atoms with Gasteiger partial charge in [0.05, 0.1) is 11.0 Å². The van der Waals surface area contributed by atoms with Crippen molar-refractivity contribution in [2.75, 3.05) is 0 Å². The van der Waals surface area contributed by atoms with Crippen molar-refractivity contribution < 1.29 is 15.1 Å². The summed E-state index contributed by atoms with van der Waals surface area (Å²) in [6.45, 7) is 28.1. The van der Waals surface area contributed by atoms with Crippen LogP contribution in [0, 0.1) is 10.1 Å². The Kier molecular flexibility index (Phi) is 9.87. The first kappa shape index (κ1) is 36.0. The van der Waals surface area contributed by atoms with Crippen LogP contribution in [-0.2, 0) is 27.3 Å². The molecule has 0 aromatic heterocycles. The number of non-ortho nitro benzene ring substituents is 1. The molecule has 0 unspecified atom stereocenters. The van der Waals surface area contributed by atoms with E-state index in [9.17, 15) is 20.3 Å². The molecular weight excluding hydrogens is 560 g/mol. The van der Waals surface area contributed by atoms with Crippen LogP contribution in [0.4, 0.5) is 5.69 Å². The quantitative estimate of drug-likeness (QED) is 0.157. The Hall–Kier alpha value is -3.51. The fourth-order valence-electron chi connectivity index (χ4n) is 5.42. The normalized spacial score (nSPS) is 14.2. The molecule has 3 aromatic carbocycles. The lowest BCUT2D eigenvalue weighted by atomic mass is 9.71. The highest BCUT2D eigenvalue weighted by Crippen LogP contribution is 2.43. The van der Waals surface area contributed by atoms with Crippen LogP contribution in [0.1, 0.15) is 135 Å². The average Bonchev–Trinajstić information content (AvgIpc) is 2.91. The second kappa shape index (κ2) is 12.4. The summed E-state index contributed by atoms with van der Waals surface area (Å²) < 4.78 is 0. The largest absolute Gasteiger partial charge is 0.507 e. The maximum atomic E-state index is 13.4. The number of hydrogen-bond acceptors (Lipinski definition) is 5. The molecule has 2 N–H and O–H groups in total. The number of nitro benzene ring substituents is 1. The van der Waals surface area contributed by atoms with Crippen molar-refractivity contribution in [2.45, 2.75) is 130 Å². The number of phenolic OH excluding ortho intramolecular Hbond substituents is 1. The van der Waals surface area contributed by atoms with Gasteiger partial charge in [-0.05, 0) is 67.5 Å². The molecule has 0 aliphatic rings. The standard InChI is InChI=1S/C39H54N2O4/c1-14-34(40-24-25-17-32(41(44)45)15-16-33(25)42)39(43,30-20-26(35(2,3)4)18-27(21-30)36(5,6)7)31-22-28(37(8,9)10)19-29(23-31)38(11,12)13/h15-24,34,42-43H,14H2,1-13H3/t34-/m0/s1. The van der Waals surface area contributed by atoms with E-state index in [2.05, 4.69) is 119 Å². The van der Waals surface area contributed by atoms with Gasteiger partial charge in [-0.2, -0.15) is 0 Å². The van der Waals surface area contributed by atoms with E-state index < -0.39 is 16.6 Å². The summed E-state index contributed by atoms with van der Waals surface area (Å²) in [5, 5.41) is 35.4. The van der Waals surface area contributed by atoms with Crippen LogP contribution >= 0.6 is 0 Å². The van der Waals surface area contributed by atoms with Gasteiger partial charge in [0.15, 0.2) is 0 Å². The van der Waals surface area contributed by atoms with Crippen LogP contribution in [0.25, 0.3) is 0 Å². The first-order chi connectivity index (χ1) is 20.4. The van der Waals surface area contributed by atoms with Gasteiger partial charge in [0.25, 0.3) is 5.69 Å². The molecule has 6 heteroatoms. The number of aliphatic hydroxyl groups is 1. The zero-order valence-electron chi connectivity index (χ0n) is 29.7. The van der Waals surface area contributed by atoms with Crippen LogP contribution in [0.15, 0.2) is 59.6 Å². The Morgan fingerprint density at radius 3 is 1.36 bits per heavy atom. The van der Waals surface area contributed by atoms with Crippen molar-refractivity contribution in [1.82, 2.24) is 0 Å². The number of aromatic hydroxyl groups is 1. The van der Waals surface area contributed by atoms with Crippen molar-refractivity contribution in [3.8, 4) is 5.75 Å². The zero-order chi connectivity index (χ0) is 34.3. The molecule has 0 aliphatic heterocycles. The number of hydrogen-bond donors (Lipinski definition) is 2. The fourth-order valence-corrected chi connectivity index (χ4v) is 5.42. The Balaban J connectivity index is 2.48. The zero-order valence-corrected chi connectivity index (χ0v) is 29.7. The Morgan fingerprint density at radius 2 is 1.04 bits per heavy atom. The molecule has 1 atom stereocenters. The Morgan fingerprint density at radius 1 is 0.689 bits per heavy atom. The molecule has 0 bridgehead atoms. The summed E-state index contributed by atoms with van der Waals surface area (Å²) in [4.78, 5) is 15.9. The molecule has 0 spiro atoms. The SMILES string of the molecule is CC[C@H](N=Cc1cc([N+](=O)[O-])ccc1O)C(O)(c1cc(C(C)(C)C)cc(C(C)(C)C)c1)c1cc(C(C)(C)C)cc(C(C)(C)C)c1. The van der Waals surface area contributed by atoms with E-state index in [4.69, 9.17) is 4.99 Å². The molecule has 0 saturated heterocycles. The summed E-state index contributed by atoms with van der Waals surface area (Å²) in [5.74, 6) is -0.114. The van der Waals surface area contributed by atoms with E-state index in [-0.39, 0.29) is 38.7 Å². The number of aliphatic imine (C=N–C) groups is 1. The third-order valence-corrected chi connectivity index (χ3v) is 8.69. The van der Waals surface area contributed by atoms with Gasteiger partial charge in [-0.25, -0.2) is 0 Å².